The molecule has 6 heteroatoms. The van der Waals surface area contributed by atoms with Crippen LogP contribution in [0.25, 0.3) is 0 Å². The van der Waals surface area contributed by atoms with Crippen LogP contribution in [0.2, 0.25) is 0 Å². The molecule has 0 radical (unpaired) electrons. The number of hydrogen-bond acceptors (Lipinski definition) is 5. The summed E-state index contributed by atoms with van der Waals surface area (Å²) in [7, 11) is 0. The number of nitrogens with zero attached hydrogens (tertiary/aromatic N) is 2. The monoisotopic (exact) mass is 376 g/mol. The molecule has 6 nitrogen and oxygen atoms in total. The summed E-state index contributed by atoms with van der Waals surface area (Å²) < 4.78 is 11.3. The summed E-state index contributed by atoms with van der Waals surface area (Å²) in [5.74, 6) is 1.09. The Bertz CT molecular complexity index is 604. The fourth-order valence-corrected chi connectivity index (χ4v) is 3.90. The number of aliphatic hydroxyl groups is 1. The van der Waals surface area contributed by atoms with Crippen molar-refractivity contribution < 1.29 is 19.4 Å². The third-order valence-electron chi connectivity index (χ3n) is 5.57. The van der Waals surface area contributed by atoms with Crippen LogP contribution in [-0.2, 0) is 4.74 Å². The summed E-state index contributed by atoms with van der Waals surface area (Å²) in [4.78, 5) is 17.4. The zero-order valence-electron chi connectivity index (χ0n) is 16.3. The van der Waals surface area contributed by atoms with Gasteiger partial charge in [0.2, 0.25) is 0 Å². The number of para-hydroxylation sites is 1. The number of aliphatic hydroxyl groups excluding tert-OH is 1. The lowest BCUT2D eigenvalue weighted by Crippen LogP contribution is -2.41. The van der Waals surface area contributed by atoms with Gasteiger partial charge < -0.3 is 19.5 Å². The molecule has 1 aromatic carbocycles. The first-order chi connectivity index (χ1) is 13.2. The number of rotatable bonds is 8. The van der Waals surface area contributed by atoms with Crippen molar-refractivity contribution in [1.82, 2.24) is 9.80 Å². The van der Waals surface area contributed by atoms with E-state index in [0.29, 0.717) is 36.9 Å². The van der Waals surface area contributed by atoms with Crippen LogP contribution in [0.3, 0.4) is 0 Å². The largest absolute Gasteiger partial charge is 0.493 e. The summed E-state index contributed by atoms with van der Waals surface area (Å²) in [6.07, 6.45) is 2.03. The van der Waals surface area contributed by atoms with E-state index in [1.54, 1.807) is 0 Å². The molecule has 0 aliphatic carbocycles. The van der Waals surface area contributed by atoms with Gasteiger partial charge in [0, 0.05) is 45.2 Å². The van der Waals surface area contributed by atoms with Crippen molar-refractivity contribution in [3.05, 3.63) is 29.8 Å². The van der Waals surface area contributed by atoms with E-state index in [4.69, 9.17) is 9.47 Å². The second-order valence-electron chi connectivity index (χ2n) is 7.52. The fourth-order valence-electron chi connectivity index (χ4n) is 3.90. The molecule has 150 valence electrons. The molecule has 0 bridgehead atoms. The standard InChI is InChI=1S/C21H32N2O4/c1-2-3-10-27-20-7-5-4-6-19(20)21(25)23-14-17(18(15-23)16-24)13-22-8-11-26-12-9-22/h4-7,17-18,24H,2-3,8-16H2,1H3/t17-,18-/m1/s1. The van der Waals surface area contributed by atoms with Gasteiger partial charge in [-0.1, -0.05) is 25.5 Å². The molecule has 2 aliphatic rings. The molecule has 1 aromatic rings. The maximum atomic E-state index is 13.1. The summed E-state index contributed by atoms with van der Waals surface area (Å²) >= 11 is 0. The van der Waals surface area contributed by atoms with E-state index in [1.165, 1.54) is 0 Å². The SMILES string of the molecule is CCCCOc1ccccc1C(=O)N1C[C@@H](CN2CCOCC2)[C@@H](CO)C1. The lowest BCUT2D eigenvalue weighted by molar-refractivity contribution is 0.0264. The minimum Gasteiger partial charge on any atom is -0.493 e. The molecule has 3 rings (SSSR count). The predicted molar refractivity (Wildman–Crippen MR) is 104 cm³/mol. The lowest BCUT2D eigenvalue weighted by atomic mass is 9.96. The van der Waals surface area contributed by atoms with Gasteiger partial charge in [0.15, 0.2) is 0 Å². The number of likely N-dealkylation sites (tertiary alicyclic amines) is 1. The van der Waals surface area contributed by atoms with Crippen molar-refractivity contribution in [3.8, 4) is 5.75 Å². The second-order valence-corrected chi connectivity index (χ2v) is 7.52. The van der Waals surface area contributed by atoms with Crippen molar-refractivity contribution in [3.63, 3.8) is 0 Å². The average molecular weight is 376 g/mol. The Labute approximate surface area is 162 Å². The first kappa shape index (κ1) is 20.1. The van der Waals surface area contributed by atoms with Gasteiger partial charge in [0.1, 0.15) is 5.75 Å². The number of amides is 1. The smallest absolute Gasteiger partial charge is 0.257 e. The number of hydrogen-bond donors (Lipinski definition) is 1. The predicted octanol–water partition coefficient (Wildman–Crippen LogP) is 1.88. The van der Waals surface area contributed by atoms with Crippen molar-refractivity contribution in [2.45, 2.75) is 19.8 Å². The molecule has 0 aromatic heterocycles. The highest BCUT2D eigenvalue weighted by Crippen LogP contribution is 2.28. The topological polar surface area (TPSA) is 62.2 Å². The molecule has 2 aliphatic heterocycles. The van der Waals surface area contributed by atoms with E-state index in [-0.39, 0.29) is 18.4 Å². The summed E-state index contributed by atoms with van der Waals surface area (Å²) in [5, 5.41) is 9.83. The normalized spacial score (nSPS) is 23.6. The Morgan fingerprint density at radius 3 is 2.70 bits per heavy atom. The number of carbonyl (C=O) groups is 1. The number of morpholine rings is 1. The zero-order valence-corrected chi connectivity index (χ0v) is 16.3. The molecule has 0 unspecified atom stereocenters. The van der Waals surface area contributed by atoms with Gasteiger partial charge in [-0.3, -0.25) is 9.69 Å². The molecular formula is C21H32N2O4. The highest BCUT2D eigenvalue weighted by molar-refractivity contribution is 5.97. The molecule has 2 saturated heterocycles. The van der Waals surface area contributed by atoms with Gasteiger partial charge in [0.05, 0.1) is 25.4 Å². The molecule has 0 spiro atoms. The molecule has 27 heavy (non-hydrogen) atoms. The molecule has 2 atom stereocenters. The van der Waals surface area contributed by atoms with Crippen LogP contribution in [0.15, 0.2) is 24.3 Å². The maximum Gasteiger partial charge on any atom is 0.257 e. The van der Waals surface area contributed by atoms with E-state index < -0.39 is 0 Å². The Kier molecular flexibility index (Phi) is 7.50. The van der Waals surface area contributed by atoms with Crippen LogP contribution in [0.1, 0.15) is 30.1 Å². The minimum atomic E-state index is 0.00465. The van der Waals surface area contributed by atoms with Crippen molar-refractivity contribution in [1.29, 1.82) is 0 Å². The molecular weight excluding hydrogens is 344 g/mol. The second kappa shape index (κ2) is 10.1. The molecule has 1 amide bonds. The van der Waals surface area contributed by atoms with E-state index in [9.17, 15) is 9.90 Å². The Hall–Kier alpha value is -1.63. The van der Waals surface area contributed by atoms with E-state index in [1.807, 2.05) is 29.2 Å². The van der Waals surface area contributed by atoms with Gasteiger partial charge in [-0.05, 0) is 24.5 Å². The van der Waals surface area contributed by atoms with Crippen molar-refractivity contribution >= 4 is 5.91 Å². The van der Waals surface area contributed by atoms with Crippen LogP contribution in [0.5, 0.6) is 5.75 Å². The summed E-state index contributed by atoms with van der Waals surface area (Å²) in [5.41, 5.74) is 0.623. The van der Waals surface area contributed by atoms with E-state index in [0.717, 1.165) is 45.7 Å². The Morgan fingerprint density at radius 2 is 1.96 bits per heavy atom. The third-order valence-corrected chi connectivity index (χ3v) is 5.57. The van der Waals surface area contributed by atoms with E-state index >= 15 is 0 Å². The number of ether oxygens (including phenoxy) is 2. The summed E-state index contributed by atoms with van der Waals surface area (Å²) in [6, 6.07) is 7.49. The number of unbranched alkanes of at least 4 members (excludes halogenated alkanes) is 1. The van der Waals surface area contributed by atoms with Gasteiger partial charge in [-0.15, -0.1) is 0 Å². The van der Waals surface area contributed by atoms with Crippen LogP contribution in [-0.4, -0.2) is 80.0 Å². The molecule has 0 saturated carbocycles. The quantitative estimate of drug-likeness (QED) is 0.702. The van der Waals surface area contributed by atoms with Gasteiger partial charge in [-0.25, -0.2) is 0 Å². The highest BCUT2D eigenvalue weighted by Gasteiger charge is 2.36. The van der Waals surface area contributed by atoms with Crippen LogP contribution in [0, 0.1) is 11.8 Å². The van der Waals surface area contributed by atoms with Crippen molar-refractivity contribution in [2.24, 2.45) is 11.8 Å². The first-order valence-electron chi connectivity index (χ1n) is 10.1. The third kappa shape index (κ3) is 5.21. The molecule has 2 fully saturated rings. The maximum absolute atomic E-state index is 13.1. The van der Waals surface area contributed by atoms with E-state index in [2.05, 4.69) is 11.8 Å². The Morgan fingerprint density at radius 1 is 1.22 bits per heavy atom. The van der Waals surface area contributed by atoms with Crippen LogP contribution >= 0.6 is 0 Å². The van der Waals surface area contributed by atoms with Gasteiger partial charge in [0.25, 0.3) is 5.91 Å². The van der Waals surface area contributed by atoms with Crippen LogP contribution < -0.4 is 4.74 Å². The summed E-state index contributed by atoms with van der Waals surface area (Å²) in [6.45, 7) is 8.45. The van der Waals surface area contributed by atoms with Crippen molar-refractivity contribution in [2.75, 3.05) is 59.2 Å². The molecule has 1 N–H and O–H groups in total. The van der Waals surface area contributed by atoms with Gasteiger partial charge in [-0.2, -0.15) is 0 Å². The zero-order chi connectivity index (χ0) is 19.1. The number of benzene rings is 1. The number of carbonyl (C=O) groups excluding carboxylic acids is 1. The highest BCUT2D eigenvalue weighted by atomic mass is 16.5. The fraction of sp³-hybridized carbons (Fsp3) is 0.667. The minimum absolute atomic E-state index is 0.00465. The average Bonchev–Trinajstić information content (AvgIpc) is 3.11. The first-order valence-corrected chi connectivity index (χ1v) is 10.1. The lowest BCUT2D eigenvalue weighted by Gasteiger charge is -2.30. The molecule has 2 heterocycles. The van der Waals surface area contributed by atoms with Crippen LogP contribution in [0.4, 0.5) is 0 Å². The van der Waals surface area contributed by atoms with Gasteiger partial charge >= 0.3 is 0 Å². The Balaban J connectivity index is 1.64.